The largest absolute Gasteiger partial charge is 0.465 e. The van der Waals surface area contributed by atoms with Gasteiger partial charge in [0.05, 0.1) is 12.7 Å². The van der Waals surface area contributed by atoms with Gasteiger partial charge in [0.2, 0.25) is 11.8 Å². The van der Waals surface area contributed by atoms with Gasteiger partial charge in [-0.05, 0) is 55.5 Å². The summed E-state index contributed by atoms with van der Waals surface area (Å²) in [6.45, 7) is 0.529. The summed E-state index contributed by atoms with van der Waals surface area (Å²) in [5, 5.41) is 5.89. The van der Waals surface area contributed by atoms with Crippen molar-refractivity contribution < 1.29 is 19.1 Å². The molecule has 0 atom stereocenters. The summed E-state index contributed by atoms with van der Waals surface area (Å²) >= 11 is 0. The fraction of sp³-hybridized carbons (Fsp3) is 0.348. The van der Waals surface area contributed by atoms with Crippen molar-refractivity contribution >= 4 is 23.5 Å². The number of nitrogens with one attached hydrogen (secondary N) is 2. The Kier molecular flexibility index (Phi) is 7.00. The van der Waals surface area contributed by atoms with E-state index in [0.717, 1.165) is 5.56 Å². The molecule has 1 saturated carbocycles. The minimum atomic E-state index is -0.410. The second-order valence-electron chi connectivity index (χ2n) is 7.31. The van der Waals surface area contributed by atoms with E-state index < -0.39 is 5.97 Å². The maximum Gasteiger partial charge on any atom is 0.337 e. The average molecular weight is 394 g/mol. The molecular weight excluding hydrogens is 368 g/mol. The number of carbonyl (C=O) groups is 3. The third kappa shape index (κ3) is 5.67. The molecule has 1 aliphatic carbocycles. The van der Waals surface area contributed by atoms with E-state index in [4.69, 9.17) is 0 Å². The molecule has 0 heterocycles. The molecule has 2 aromatic rings. The van der Waals surface area contributed by atoms with Crippen LogP contribution in [0.4, 0.5) is 5.69 Å². The summed E-state index contributed by atoms with van der Waals surface area (Å²) in [4.78, 5) is 36.4. The third-order valence-electron chi connectivity index (χ3n) is 5.35. The standard InChI is InChI=1S/C23H26N2O4/c1-29-23(28)19-11-13-20(14-12-19)25-22(27)18-9-7-17(8-10-18)21(26)24-15-16-5-3-2-4-6-16/h2-6,11-14,17-18H,7-10,15H2,1H3,(H,24,26)(H,25,27). The minimum absolute atomic E-state index is 0.0397. The van der Waals surface area contributed by atoms with E-state index >= 15 is 0 Å². The van der Waals surface area contributed by atoms with Crippen molar-refractivity contribution in [2.24, 2.45) is 11.8 Å². The number of benzene rings is 2. The minimum Gasteiger partial charge on any atom is -0.465 e. The highest BCUT2D eigenvalue weighted by Crippen LogP contribution is 2.30. The summed E-state index contributed by atoms with van der Waals surface area (Å²) < 4.78 is 4.67. The zero-order chi connectivity index (χ0) is 20.6. The molecule has 1 aliphatic rings. The molecule has 0 radical (unpaired) electrons. The number of anilines is 1. The Morgan fingerprint density at radius 2 is 1.45 bits per heavy atom. The summed E-state index contributed by atoms with van der Waals surface area (Å²) in [7, 11) is 1.33. The number of rotatable bonds is 6. The first-order valence-corrected chi connectivity index (χ1v) is 9.87. The number of amides is 2. The molecule has 29 heavy (non-hydrogen) atoms. The zero-order valence-corrected chi connectivity index (χ0v) is 16.5. The molecule has 2 N–H and O–H groups in total. The quantitative estimate of drug-likeness (QED) is 0.734. The van der Waals surface area contributed by atoms with Crippen LogP contribution in [0.3, 0.4) is 0 Å². The van der Waals surface area contributed by atoms with Crippen LogP contribution < -0.4 is 10.6 Å². The van der Waals surface area contributed by atoms with Crippen LogP contribution in [0.25, 0.3) is 0 Å². The molecule has 2 aromatic carbocycles. The summed E-state index contributed by atoms with van der Waals surface area (Å²) in [6.07, 6.45) is 2.80. The molecule has 0 bridgehead atoms. The topological polar surface area (TPSA) is 84.5 Å². The monoisotopic (exact) mass is 394 g/mol. The van der Waals surface area contributed by atoms with E-state index in [1.165, 1.54) is 7.11 Å². The lowest BCUT2D eigenvalue weighted by Crippen LogP contribution is -2.35. The molecule has 152 valence electrons. The number of hydrogen-bond donors (Lipinski definition) is 2. The Balaban J connectivity index is 1.44. The van der Waals surface area contributed by atoms with Crippen LogP contribution in [0.5, 0.6) is 0 Å². The summed E-state index contributed by atoms with van der Waals surface area (Å²) in [5.41, 5.74) is 2.16. The van der Waals surface area contributed by atoms with Crippen LogP contribution in [-0.4, -0.2) is 24.9 Å². The zero-order valence-electron chi connectivity index (χ0n) is 16.5. The SMILES string of the molecule is COC(=O)c1ccc(NC(=O)C2CCC(C(=O)NCc3ccccc3)CC2)cc1. The van der Waals surface area contributed by atoms with Gasteiger partial charge >= 0.3 is 5.97 Å². The fourth-order valence-corrected chi connectivity index (χ4v) is 3.60. The van der Waals surface area contributed by atoms with Crippen molar-refractivity contribution in [2.75, 3.05) is 12.4 Å². The molecule has 6 heteroatoms. The van der Waals surface area contributed by atoms with E-state index in [1.54, 1.807) is 24.3 Å². The first-order chi connectivity index (χ1) is 14.1. The van der Waals surface area contributed by atoms with Crippen LogP contribution in [-0.2, 0) is 20.9 Å². The molecule has 6 nitrogen and oxygen atoms in total. The average Bonchev–Trinajstić information content (AvgIpc) is 2.78. The van der Waals surface area contributed by atoms with Crippen molar-refractivity contribution in [3.05, 3.63) is 65.7 Å². The molecule has 1 fully saturated rings. The Hall–Kier alpha value is -3.15. The maximum absolute atomic E-state index is 12.5. The number of carbonyl (C=O) groups excluding carboxylic acids is 3. The fourth-order valence-electron chi connectivity index (χ4n) is 3.60. The van der Waals surface area contributed by atoms with Gasteiger partial charge in [-0.15, -0.1) is 0 Å². The molecule has 3 rings (SSSR count). The number of methoxy groups -OCH3 is 1. The molecule has 0 aliphatic heterocycles. The number of hydrogen-bond acceptors (Lipinski definition) is 4. The van der Waals surface area contributed by atoms with Gasteiger partial charge < -0.3 is 15.4 Å². The van der Waals surface area contributed by atoms with Crippen molar-refractivity contribution in [2.45, 2.75) is 32.2 Å². The van der Waals surface area contributed by atoms with Gasteiger partial charge in [-0.25, -0.2) is 4.79 Å². The predicted molar refractivity (Wildman–Crippen MR) is 110 cm³/mol. The molecule has 2 amide bonds. The van der Waals surface area contributed by atoms with E-state index in [0.29, 0.717) is 43.5 Å². The van der Waals surface area contributed by atoms with Crippen molar-refractivity contribution in [3.8, 4) is 0 Å². The smallest absolute Gasteiger partial charge is 0.337 e. The Bertz CT molecular complexity index is 841. The molecule has 0 unspecified atom stereocenters. The van der Waals surface area contributed by atoms with E-state index in [2.05, 4.69) is 15.4 Å². The lowest BCUT2D eigenvalue weighted by molar-refractivity contribution is -0.128. The predicted octanol–water partition coefficient (Wildman–Crippen LogP) is 3.53. The van der Waals surface area contributed by atoms with Gasteiger partial charge in [0.25, 0.3) is 0 Å². The summed E-state index contributed by atoms with van der Waals surface area (Å²) in [5.74, 6) is -0.535. The highest BCUT2D eigenvalue weighted by molar-refractivity contribution is 5.94. The first kappa shape index (κ1) is 20.6. The van der Waals surface area contributed by atoms with E-state index in [-0.39, 0.29) is 23.7 Å². The maximum atomic E-state index is 12.5. The Labute approximate surface area is 170 Å². The normalized spacial score (nSPS) is 18.5. The van der Waals surface area contributed by atoms with Crippen molar-refractivity contribution in [3.63, 3.8) is 0 Å². The lowest BCUT2D eigenvalue weighted by Gasteiger charge is -2.27. The number of esters is 1. The van der Waals surface area contributed by atoms with Crippen LogP contribution in [0.1, 0.15) is 41.6 Å². The Morgan fingerprint density at radius 1 is 0.862 bits per heavy atom. The van der Waals surface area contributed by atoms with Gasteiger partial charge in [0.15, 0.2) is 0 Å². The van der Waals surface area contributed by atoms with Crippen LogP contribution in [0, 0.1) is 11.8 Å². The third-order valence-corrected chi connectivity index (χ3v) is 5.35. The van der Waals surface area contributed by atoms with Gasteiger partial charge in [-0.1, -0.05) is 30.3 Å². The second kappa shape index (κ2) is 9.87. The molecular formula is C23H26N2O4. The van der Waals surface area contributed by atoms with Crippen molar-refractivity contribution in [1.29, 1.82) is 0 Å². The lowest BCUT2D eigenvalue weighted by atomic mass is 9.81. The Morgan fingerprint density at radius 3 is 2.03 bits per heavy atom. The van der Waals surface area contributed by atoms with Gasteiger partial charge in [0, 0.05) is 24.1 Å². The summed E-state index contributed by atoms with van der Waals surface area (Å²) in [6, 6.07) is 16.4. The van der Waals surface area contributed by atoms with Crippen LogP contribution in [0.2, 0.25) is 0 Å². The number of ether oxygens (including phenoxy) is 1. The van der Waals surface area contributed by atoms with Crippen molar-refractivity contribution in [1.82, 2.24) is 5.32 Å². The highest BCUT2D eigenvalue weighted by Gasteiger charge is 2.29. The molecule has 0 saturated heterocycles. The van der Waals surface area contributed by atoms with Gasteiger partial charge in [-0.2, -0.15) is 0 Å². The van der Waals surface area contributed by atoms with Gasteiger partial charge in [0.1, 0.15) is 0 Å². The molecule has 0 aromatic heterocycles. The second-order valence-corrected chi connectivity index (χ2v) is 7.31. The highest BCUT2D eigenvalue weighted by atomic mass is 16.5. The van der Waals surface area contributed by atoms with E-state index in [1.807, 2.05) is 30.3 Å². The first-order valence-electron chi connectivity index (χ1n) is 9.87. The molecule has 0 spiro atoms. The van der Waals surface area contributed by atoms with Crippen LogP contribution >= 0.6 is 0 Å². The van der Waals surface area contributed by atoms with E-state index in [9.17, 15) is 14.4 Å². The van der Waals surface area contributed by atoms with Gasteiger partial charge in [-0.3, -0.25) is 9.59 Å². The van der Waals surface area contributed by atoms with Crippen LogP contribution in [0.15, 0.2) is 54.6 Å².